The molecule has 0 spiro atoms. The summed E-state index contributed by atoms with van der Waals surface area (Å²) >= 11 is 1.52. The molecule has 5 rings (SSSR count). The molecule has 5 aromatic rings. The highest BCUT2D eigenvalue weighted by molar-refractivity contribution is 7.17. The molecule has 0 saturated carbocycles. The number of thiophene rings is 1. The Balaban J connectivity index is 1.33. The zero-order valence-corrected chi connectivity index (χ0v) is 20.0. The van der Waals surface area contributed by atoms with Crippen molar-refractivity contribution >= 4 is 17.2 Å². The maximum absolute atomic E-state index is 13.6. The van der Waals surface area contributed by atoms with Gasteiger partial charge in [-0.15, -0.1) is 11.3 Å². The van der Waals surface area contributed by atoms with Gasteiger partial charge in [0.1, 0.15) is 11.5 Å². The second-order valence-electron chi connectivity index (χ2n) is 8.24. The summed E-state index contributed by atoms with van der Waals surface area (Å²) in [5, 5.41) is 0. The van der Waals surface area contributed by atoms with E-state index in [-0.39, 0.29) is 5.91 Å². The lowest BCUT2D eigenvalue weighted by Gasteiger charge is -2.22. The van der Waals surface area contributed by atoms with Gasteiger partial charge in [-0.2, -0.15) is 0 Å². The molecule has 0 aliphatic rings. The van der Waals surface area contributed by atoms with Gasteiger partial charge in [0.2, 0.25) is 0 Å². The molecule has 0 aliphatic carbocycles. The second kappa shape index (κ2) is 10.9. The molecule has 35 heavy (non-hydrogen) atoms. The minimum Gasteiger partial charge on any atom is -0.457 e. The van der Waals surface area contributed by atoms with E-state index in [1.807, 2.05) is 108 Å². The second-order valence-corrected chi connectivity index (χ2v) is 9.32. The molecular formula is C31H25NO2S. The first-order valence-corrected chi connectivity index (χ1v) is 12.4. The van der Waals surface area contributed by atoms with Crippen molar-refractivity contribution in [3.8, 4) is 21.9 Å². The van der Waals surface area contributed by atoms with Gasteiger partial charge >= 0.3 is 0 Å². The highest BCUT2D eigenvalue weighted by Gasteiger charge is 2.19. The number of hydrogen-bond donors (Lipinski definition) is 0. The van der Waals surface area contributed by atoms with Gasteiger partial charge < -0.3 is 9.64 Å². The van der Waals surface area contributed by atoms with Crippen LogP contribution < -0.4 is 4.74 Å². The smallest absolute Gasteiger partial charge is 0.264 e. The van der Waals surface area contributed by atoms with E-state index >= 15 is 0 Å². The molecule has 172 valence electrons. The highest BCUT2D eigenvalue weighted by atomic mass is 32.1. The third-order valence-corrected chi connectivity index (χ3v) is 6.78. The number of ether oxygens (including phenoxy) is 1. The Hall–Kier alpha value is -4.15. The van der Waals surface area contributed by atoms with Crippen LogP contribution in [0.3, 0.4) is 0 Å². The number of para-hydroxylation sites is 1. The maximum atomic E-state index is 13.6. The van der Waals surface area contributed by atoms with Gasteiger partial charge in [0, 0.05) is 18.0 Å². The summed E-state index contributed by atoms with van der Waals surface area (Å²) < 4.78 is 5.90. The molecule has 0 N–H and O–H groups in total. The summed E-state index contributed by atoms with van der Waals surface area (Å²) in [5.74, 6) is 1.63. The summed E-state index contributed by atoms with van der Waals surface area (Å²) in [4.78, 5) is 17.3. The number of nitrogens with zero attached hydrogens (tertiary/aromatic N) is 1. The fourth-order valence-electron chi connectivity index (χ4n) is 3.88. The molecule has 0 fully saturated rings. The number of amides is 1. The standard InChI is InChI=1S/C31H25NO2S/c33-31(32(22-24-10-4-1-5-11-24)23-25-12-6-2-7-13-25)30-21-20-29(35-30)26-16-18-28(19-17-26)34-27-14-8-3-9-15-27/h1-21H,22-23H2. The van der Waals surface area contributed by atoms with Crippen LogP contribution in [0.15, 0.2) is 127 Å². The Bertz CT molecular complexity index is 1320. The number of benzene rings is 4. The van der Waals surface area contributed by atoms with E-state index in [0.717, 1.165) is 37.9 Å². The third-order valence-electron chi connectivity index (χ3n) is 5.65. The third kappa shape index (κ3) is 5.86. The Morgan fingerprint density at radius 1 is 0.600 bits per heavy atom. The van der Waals surface area contributed by atoms with Crippen LogP contribution in [0.1, 0.15) is 20.8 Å². The van der Waals surface area contributed by atoms with Crippen molar-refractivity contribution in [3.63, 3.8) is 0 Å². The van der Waals surface area contributed by atoms with Crippen molar-refractivity contribution in [2.75, 3.05) is 0 Å². The van der Waals surface area contributed by atoms with Gasteiger partial charge in [0.05, 0.1) is 4.88 Å². The van der Waals surface area contributed by atoms with E-state index in [9.17, 15) is 4.79 Å². The van der Waals surface area contributed by atoms with E-state index < -0.39 is 0 Å². The van der Waals surface area contributed by atoms with E-state index in [1.165, 1.54) is 11.3 Å². The Morgan fingerprint density at radius 2 is 1.11 bits per heavy atom. The fraction of sp³-hybridized carbons (Fsp3) is 0.0645. The minimum atomic E-state index is 0.0398. The summed E-state index contributed by atoms with van der Waals surface area (Å²) in [6, 6.07) is 41.9. The SMILES string of the molecule is O=C(c1ccc(-c2ccc(Oc3ccccc3)cc2)s1)N(Cc1ccccc1)Cc1ccccc1. The van der Waals surface area contributed by atoms with Gasteiger partial charge in [0.25, 0.3) is 5.91 Å². The van der Waals surface area contributed by atoms with E-state index in [2.05, 4.69) is 24.3 Å². The molecular weight excluding hydrogens is 450 g/mol. The van der Waals surface area contributed by atoms with Crippen LogP contribution in [0, 0.1) is 0 Å². The molecule has 0 radical (unpaired) electrons. The minimum absolute atomic E-state index is 0.0398. The zero-order valence-electron chi connectivity index (χ0n) is 19.2. The predicted molar refractivity (Wildman–Crippen MR) is 143 cm³/mol. The number of carbonyl (C=O) groups excluding carboxylic acids is 1. The Kier molecular flexibility index (Phi) is 7.02. The van der Waals surface area contributed by atoms with Gasteiger partial charge in [-0.1, -0.05) is 78.9 Å². The molecule has 1 aromatic heterocycles. The first-order valence-electron chi connectivity index (χ1n) is 11.5. The topological polar surface area (TPSA) is 29.5 Å². The van der Waals surface area contributed by atoms with Crippen LogP contribution in [0.4, 0.5) is 0 Å². The molecule has 3 nitrogen and oxygen atoms in total. The molecule has 1 amide bonds. The van der Waals surface area contributed by atoms with Gasteiger partial charge in [-0.25, -0.2) is 0 Å². The van der Waals surface area contributed by atoms with Gasteiger partial charge in [-0.05, 0) is 65.2 Å². The van der Waals surface area contributed by atoms with Crippen molar-refractivity contribution in [2.24, 2.45) is 0 Å². The first kappa shape index (κ1) is 22.6. The fourth-order valence-corrected chi connectivity index (χ4v) is 4.86. The number of rotatable bonds is 8. The molecule has 0 atom stereocenters. The Morgan fingerprint density at radius 3 is 1.69 bits per heavy atom. The Labute approximate surface area is 209 Å². The maximum Gasteiger partial charge on any atom is 0.264 e. The lowest BCUT2D eigenvalue weighted by molar-refractivity contribution is 0.0735. The number of carbonyl (C=O) groups is 1. The van der Waals surface area contributed by atoms with Crippen molar-refractivity contribution < 1.29 is 9.53 Å². The molecule has 0 unspecified atom stereocenters. The van der Waals surface area contributed by atoms with Gasteiger partial charge in [-0.3, -0.25) is 4.79 Å². The van der Waals surface area contributed by atoms with Crippen molar-refractivity contribution in [2.45, 2.75) is 13.1 Å². The van der Waals surface area contributed by atoms with Crippen molar-refractivity contribution in [3.05, 3.63) is 143 Å². The summed E-state index contributed by atoms with van der Waals surface area (Å²) in [6.07, 6.45) is 0. The summed E-state index contributed by atoms with van der Waals surface area (Å²) in [5.41, 5.74) is 3.29. The van der Waals surface area contributed by atoms with Crippen LogP contribution in [0.5, 0.6) is 11.5 Å². The normalized spacial score (nSPS) is 10.6. The summed E-state index contributed by atoms with van der Waals surface area (Å²) in [7, 11) is 0. The van der Waals surface area contributed by atoms with Crippen LogP contribution in [0.2, 0.25) is 0 Å². The molecule has 0 aliphatic heterocycles. The zero-order chi connectivity index (χ0) is 23.9. The molecule has 0 saturated heterocycles. The number of hydrogen-bond acceptors (Lipinski definition) is 3. The molecule has 1 heterocycles. The van der Waals surface area contributed by atoms with Crippen molar-refractivity contribution in [1.29, 1.82) is 0 Å². The van der Waals surface area contributed by atoms with Crippen LogP contribution in [-0.4, -0.2) is 10.8 Å². The quantitative estimate of drug-likeness (QED) is 0.227. The largest absolute Gasteiger partial charge is 0.457 e. The first-order chi connectivity index (χ1) is 17.2. The van der Waals surface area contributed by atoms with E-state index in [0.29, 0.717) is 13.1 Å². The predicted octanol–water partition coefficient (Wildman–Crippen LogP) is 8.05. The molecule has 0 bridgehead atoms. The molecule has 4 heteroatoms. The van der Waals surface area contributed by atoms with Crippen LogP contribution in [0.25, 0.3) is 10.4 Å². The van der Waals surface area contributed by atoms with Crippen molar-refractivity contribution in [1.82, 2.24) is 4.90 Å². The van der Waals surface area contributed by atoms with Crippen LogP contribution in [-0.2, 0) is 13.1 Å². The van der Waals surface area contributed by atoms with Crippen LogP contribution >= 0.6 is 11.3 Å². The molecule has 4 aromatic carbocycles. The van der Waals surface area contributed by atoms with E-state index in [4.69, 9.17) is 4.74 Å². The average Bonchev–Trinajstić information content (AvgIpc) is 3.41. The monoisotopic (exact) mass is 475 g/mol. The summed E-state index contributed by atoms with van der Waals surface area (Å²) in [6.45, 7) is 1.13. The average molecular weight is 476 g/mol. The lowest BCUT2D eigenvalue weighted by atomic mass is 10.1. The highest BCUT2D eigenvalue weighted by Crippen LogP contribution is 2.31. The van der Waals surface area contributed by atoms with E-state index in [1.54, 1.807) is 0 Å². The van der Waals surface area contributed by atoms with Gasteiger partial charge in [0.15, 0.2) is 0 Å². The lowest BCUT2D eigenvalue weighted by Crippen LogP contribution is -2.29.